The Hall–Kier alpha value is -3.82. The number of ether oxygens (including phenoxy) is 1. The van der Waals surface area contributed by atoms with Gasteiger partial charge in [-0.2, -0.15) is 4.98 Å². The molecule has 210 valence electrons. The van der Waals surface area contributed by atoms with Crippen LogP contribution in [0, 0.1) is 5.92 Å². The number of amides is 2. The zero-order valence-electron chi connectivity index (χ0n) is 23.9. The van der Waals surface area contributed by atoms with Crippen LogP contribution >= 0.6 is 0 Å². The molecule has 3 heterocycles. The summed E-state index contributed by atoms with van der Waals surface area (Å²) < 4.78 is 5.59. The van der Waals surface area contributed by atoms with Gasteiger partial charge in [0, 0.05) is 38.3 Å². The first kappa shape index (κ1) is 28.2. The number of carbonyl (C=O) groups is 2. The molecule has 2 N–H and O–H groups in total. The van der Waals surface area contributed by atoms with Crippen molar-refractivity contribution in [1.29, 1.82) is 0 Å². The number of aromatic nitrogens is 2. The SMILES string of the molecule is CC=CN1CCC(N2c3nc(Nc4ccc(C(=O)NCC(C)C)cc4OC)ncc3N(C)C(=O)[C@H]2CC)CC1. The molecule has 0 bridgehead atoms. The second-order valence-corrected chi connectivity index (χ2v) is 10.5. The highest BCUT2D eigenvalue weighted by atomic mass is 16.5. The topological polar surface area (TPSA) is 103 Å². The second kappa shape index (κ2) is 12.4. The first-order chi connectivity index (χ1) is 18.8. The molecule has 2 amide bonds. The molecular weight excluding hydrogens is 494 g/mol. The monoisotopic (exact) mass is 535 g/mol. The Balaban J connectivity index is 1.62. The average molecular weight is 536 g/mol. The first-order valence-corrected chi connectivity index (χ1v) is 13.8. The highest BCUT2D eigenvalue weighted by Crippen LogP contribution is 2.39. The Labute approximate surface area is 231 Å². The van der Waals surface area contributed by atoms with Crippen molar-refractivity contribution in [2.45, 2.75) is 59.0 Å². The van der Waals surface area contributed by atoms with Gasteiger partial charge in [-0.3, -0.25) is 9.59 Å². The fourth-order valence-electron chi connectivity index (χ4n) is 5.24. The standard InChI is InChI=1S/C29H41N7O3/c1-7-13-35-14-11-21(12-15-35)36-23(8-2)28(38)34(5)24-18-31-29(33-26(24)36)32-22-10-9-20(16-25(22)39-6)27(37)30-17-19(3)4/h7,9-10,13,16,18-19,21,23H,8,11-12,14-15,17H2,1-6H3,(H,30,37)(H,31,32,33)/t23-/m1/s1. The molecule has 1 atom stereocenters. The molecule has 1 aromatic carbocycles. The third-order valence-corrected chi connectivity index (χ3v) is 7.33. The van der Waals surface area contributed by atoms with Gasteiger partial charge in [0.2, 0.25) is 11.9 Å². The van der Waals surface area contributed by atoms with Crippen molar-refractivity contribution in [2.75, 3.05) is 48.9 Å². The number of hydrogen-bond donors (Lipinski definition) is 2. The van der Waals surface area contributed by atoms with Crippen LogP contribution in [0.5, 0.6) is 5.75 Å². The quantitative estimate of drug-likeness (QED) is 0.493. The van der Waals surface area contributed by atoms with E-state index in [1.807, 2.05) is 13.8 Å². The molecule has 2 aliphatic heterocycles. The Bertz CT molecular complexity index is 1210. The van der Waals surface area contributed by atoms with E-state index in [9.17, 15) is 9.59 Å². The van der Waals surface area contributed by atoms with Crippen LogP contribution in [-0.2, 0) is 4.79 Å². The molecule has 10 nitrogen and oxygen atoms in total. The molecule has 0 saturated carbocycles. The normalized spacial score (nSPS) is 18.1. The lowest BCUT2D eigenvalue weighted by Crippen LogP contribution is -2.58. The minimum Gasteiger partial charge on any atom is -0.495 e. The number of nitrogens with one attached hydrogen (secondary N) is 2. The molecule has 0 unspecified atom stereocenters. The van der Waals surface area contributed by atoms with Crippen LogP contribution in [0.15, 0.2) is 36.7 Å². The van der Waals surface area contributed by atoms with E-state index in [1.54, 1.807) is 43.5 Å². The second-order valence-electron chi connectivity index (χ2n) is 10.5. The molecule has 2 aromatic rings. The van der Waals surface area contributed by atoms with Crippen molar-refractivity contribution in [1.82, 2.24) is 20.2 Å². The Kier molecular flexibility index (Phi) is 8.93. The fourth-order valence-corrected chi connectivity index (χ4v) is 5.24. The van der Waals surface area contributed by atoms with E-state index in [-0.39, 0.29) is 23.9 Å². The number of fused-ring (bicyclic) bond motifs is 1. The third-order valence-electron chi connectivity index (χ3n) is 7.33. The van der Waals surface area contributed by atoms with Gasteiger partial charge in [-0.25, -0.2) is 4.98 Å². The number of allylic oxidation sites excluding steroid dienone is 1. The van der Waals surface area contributed by atoms with Crippen molar-refractivity contribution in [3.63, 3.8) is 0 Å². The summed E-state index contributed by atoms with van der Waals surface area (Å²) in [5.41, 5.74) is 1.87. The maximum atomic E-state index is 13.3. The van der Waals surface area contributed by atoms with Gasteiger partial charge in [0.25, 0.3) is 5.91 Å². The van der Waals surface area contributed by atoms with Gasteiger partial charge in [-0.1, -0.05) is 26.8 Å². The lowest BCUT2D eigenvalue weighted by atomic mass is 9.97. The van der Waals surface area contributed by atoms with Crippen molar-refractivity contribution in [3.8, 4) is 5.75 Å². The number of rotatable bonds is 9. The number of nitrogens with zero attached hydrogens (tertiary/aromatic N) is 5. The highest BCUT2D eigenvalue weighted by Gasteiger charge is 2.41. The fraction of sp³-hybridized carbons (Fsp3) is 0.517. The van der Waals surface area contributed by atoms with E-state index >= 15 is 0 Å². The lowest BCUT2D eigenvalue weighted by molar-refractivity contribution is -0.120. The predicted octanol–water partition coefficient (Wildman–Crippen LogP) is 4.17. The van der Waals surface area contributed by atoms with Gasteiger partial charge >= 0.3 is 0 Å². The van der Waals surface area contributed by atoms with E-state index in [4.69, 9.17) is 9.72 Å². The van der Waals surface area contributed by atoms with Crippen LogP contribution in [0.4, 0.5) is 23.1 Å². The number of methoxy groups -OCH3 is 1. The predicted molar refractivity (Wildman–Crippen MR) is 155 cm³/mol. The molecule has 1 saturated heterocycles. The van der Waals surface area contributed by atoms with Crippen LogP contribution in [0.25, 0.3) is 0 Å². The molecule has 0 aliphatic carbocycles. The zero-order chi connectivity index (χ0) is 28.1. The zero-order valence-corrected chi connectivity index (χ0v) is 23.9. The van der Waals surface area contributed by atoms with E-state index in [0.717, 1.165) is 31.7 Å². The summed E-state index contributed by atoms with van der Waals surface area (Å²) in [5, 5.41) is 6.20. The molecule has 1 fully saturated rings. The highest BCUT2D eigenvalue weighted by molar-refractivity contribution is 6.04. The molecular formula is C29H41N7O3. The summed E-state index contributed by atoms with van der Waals surface area (Å²) in [6.07, 6.45) is 8.48. The van der Waals surface area contributed by atoms with Crippen molar-refractivity contribution in [3.05, 3.63) is 42.2 Å². The van der Waals surface area contributed by atoms with Crippen LogP contribution in [0.1, 0.15) is 57.3 Å². The molecule has 39 heavy (non-hydrogen) atoms. The maximum absolute atomic E-state index is 13.3. The smallest absolute Gasteiger partial charge is 0.251 e. The van der Waals surface area contributed by atoms with Crippen LogP contribution in [0.2, 0.25) is 0 Å². The number of anilines is 4. The number of hydrogen-bond acceptors (Lipinski definition) is 8. The van der Waals surface area contributed by atoms with Gasteiger partial charge in [0.15, 0.2) is 5.82 Å². The summed E-state index contributed by atoms with van der Waals surface area (Å²) in [6.45, 7) is 10.7. The van der Waals surface area contributed by atoms with E-state index in [1.165, 1.54) is 0 Å². The van der Waals surface area contributed by atoms with E-state index in [2.05, 4.69) is 51.5 Å². The minimum absolute atomic E-state index is 0.0678. The van der Waals surface area contributed by atoms with Crippen LogP contribution in [-0.4, -0.2) is 72.6 Å². The summed E-state index contributed by atoms with van der Waals surface area (Å²) >= 11 is 0. The molecule has 10 heteroatoms. The van der Waals surface area contributed by atoms with Gasteiger partial charge < -0.3 is 30.1 Å². The third kappa shape index (κ3) is 6.10. The van der Waals surface area contributed by atoms with Crippen molar-refractivity contribution < 1.29 is 14.3 Å². The minimum atomic E-state index is -0.276. The number of carbonyl (C=O) groups excluding carboxylic acids is 2. The maximum Gasteiger partial charge on any atom is 0.251 e. The van der Waals surface area contributed by atoms with Gasteiger partial charge in [-0.15, -0.1) is 0 Å². The first-order valence-electron chi connectivity index (χ1n) is 13.8. The Morgan fingerprint density at radius 2 is 2.00 bits per heavy atom. The molecule has 0 radical (unpaired) electrons. The summed E-state index contributed by atoms with van der Waals surface area (Å²) in [7, 11) is 3.36. The lowest BCUT2D eigenvalue weighted by Gasteiger charge is -2.46. The molecule has 1 aromatic heterocycles. The molecule has 0 spiro atoms. The number of likely N-dealkylation sites (N-methyl/N-ethyl adjacent to an activating group) is 1. The van der Waals surface area contributed by atoms with Gasteiger partial charge in [-0.05, 0) is 56.5 Å². The molecule has 4 rings (SSSR count). The molecule has 2 aliphatic rings. The van der Waals surface area contributed by atoms with E-state index < -0.39 is 0 Å². The largest absolute Gasteiger partial charge is 0.495 e. The van der Waals surface area contributed by atoms with Crippen LogP contribution in [0.3, 0.4) is 0 Å². The number of likely N-dealkylation sites (tertiary alicyclic amines) is 1. The summed E-state index contributed by atoms with van der Waals surface area (Å²) in [5.74, 6) is 1.96. The van der Waals surface area contributed by atoms with Gasteiger partial charge in [0.05, 0.1) is 19.0 Å². The Morgan fingerprint density at radius 3 is 2.64 bits per heavy atom. The van der Waals surface area contributed by atoms with Crippen molar-refractivity contribution >= 4 is 35.0 Å². The summed E-state index contributed by atoms with van der Waals surface area (Å²) in [6, 6.07) is 5.19. The Morgan fingerprint density at radius 1 is 1.26 bits per heavy atom. The average Bonchev–Trinajstić information content (AvgIpc) is 2.94. The summed E-state index contributed by atoms with van der Waals surface area (Å²) in [4.78, 5) is 41.5. The van der Waals surface area contributed by atoms with Gasteiger partial charge in [0.1, 0.15) is 17.5 Å². The number of piperidine rings is 1. The number of benzene rings is 1. The van der Waals surface area contributed by atoms with Crippen LogP contribution < -0.4 is 25.2 Å². The van der Waals surface area contributed by atoms with E-state index in [0.29, 0.717) is 47.5 Å². The van der Waals surface area contributed by atoms with Crippen molar-refractivity contribution in [2.24, 2.45) is 5.92 Å².